The molecule has 0 saturated carbocycles. The molecule has 0 heterocycles. The van der Waals surface area contributed by atoms with E-state index in [-0.39, 0.29) is 5.04 Å². The lowest BCUT2D eigenvalue weighted by atomic mass is 9.96. The quantitative estimate of drug-likeness (QED) is 0.542. The molecule has 7 heteroatoms. The molecule has 6 nitrogen and oxygen atoms in total. The summed E-state index contributed by atoms with van der Waals surface area (Å²) in [6, 6.07) is 12.2. The van der Waals surface area contributed by atoms with Crippen LogP contribution in [-0.2, 0) is 14.0 Å². The minimum absolute atomic E-state index is 0.148. The maximum atomic E-state index is 12.5. The number of alkyl carbamates (subject to hydrolysis) is 1. The molecule has 0 aliphatic rings. The second kappa shape index (κ2) is 9.00. The second-order valence-corrected chi connectivity index (χ2v) is 15.1. The van der Waals surface area contributed by atoms with Crippen molar-refractivity contribution in [1.29, 1.82) is 0 Å². The molecule has 0 unspecified atom stereocenters. The van der Waals surface area contributed by atoms with Gasteiger partial charge in [0.25, 0.3) is 0 Å². The van der Waals surface area contributed by atoms with Gasteiger partial charge in [-0.25, -0.2) is 9.59 Å². The van der Waals surface area contributed by atoms with Gasteiger partial charge in [0.1, 0.15) is 11.7 Å². The zero-order chi connectivity index (χ0) is 23.6. The van der Waals surface area contributed by atoms with E-state index in [4.69, 9.17) is 9.16 Å². The molecule has 2 aromatic rings. The Balaban J connectivity index is 2.59. The standard InChI is InChI=1S/C24H35NO5Si/c1-23(2,3)29-22(28)25-19(21(26)27)20(30-31(7,8)24(4,5)6)18-15-11-13-16-12-9-10-14-17(16)18/h9-15,19-20H,1-8H3,(H,25,28)(H,26,27)/t19-,20-/m0/s1. The predicted molar refractivity (Wildman–Crippen MR) is 126 cm³/mol. The number of carbonyl (C=O) groups excluding carboxylic acids is 1. The summed E-state index contributed by atoms with van der Waals surface area (Å²) < 4.78 is 12.0. The number of carbonyl (C=O) groups is 2. The summed E-state index contributed by atoms with van der Waals surface area (Å²) in [6.45, 7) is 15.6. The summed E-state index contributed by atoms with van der Waals surface area (Å²) in [5.41, 5.74) is -0.0195. The van der Waals surface area contributed by atoms with Crippen molar-refractivity contribution < 1.29 is 23.9 Å². The first-order chi connectivity index (χ1) is 14.1. The third-order valence-electron chi connectivity index (χ3n) is 5.60. The van der Waals surface area contributed by atoms with Crippen molar-refractivity contribution in [3.8, 4) is 0 Å². The van der Waals surface area contributed by atoms with Gasteiger partial charge in [0.05, 0.1) is 0 Å². The minimum atomic E-state index is -2.40. The highest BCUT2D eigenvalue weighted by atomic mass is 28.4. The average molecular weight is 446 g/mol. The fourth-order valence-corrected chi connectivity index (χ4v) is 4.26. The molecule has 1 amide bonds. The first-order valence-electron chi connectivity index (χ1n) is 10.5. The number of amides is 1. The van der Waals surface area contributed by atoms with E-state index in [0.717, 1.165) is 16.3 Å². The molecule has 31 heavy (non-hydrogen) atoms. The number of hydrogen-bond donors (Lipinski definition) is 2. The van der Waals surface area contributed by atoms with Gasteiger partial charge in [0.2, 0.25) is 0 Å². The lowest BCUT2D eigenvalue weighted by Crippen LogP contribution is -2.51. The molecule has 2 aromatic carbocycles. The highest BCUT2D eigenvalue weighted by Gasteiger charge is 2.44. The maximum absolute atomic E-state index is 12.5. The first kappa shape index (κ1) is 24.9. The molecule has 0 saturated heterocycles. The Kier molecular flexibility index (Phi) is 7.23. The Bertz CT molecular complexity index is 938. The molecular weight excluding hydrogens is 410 g/mol. The third kappa shape index (κ3) is 6.30. The van der Waals surface area contributed by atoms with E-state index in [1.54, 1.807) is 20.8 Å². The Morgan fingerprint density at radius 1 is 0.968 bits per heavy atom. The number of nitrogens with one attached hydrogen (secondary N) is 1. The van der Waals surface area contributed by atoms with Crippen molar-refractivity contribution in [2.75, 3.05) is 0 Å². The van der Waals surface area contributed by atoms with Crippen LogP contribution in [0.3, 0.4) is 0 Å². The largest absolute Gasteiger partial charge is 0.480 e. The smallest absolute Gasteiger partial charge is 0.408 e. The number of carboxylic acids is 1. The van der Waals surface area contributed by atoms with E-state index in [2.05, 4.69) is 39.2 Å². The molecule has 0 aliphatic heterocycles. The maximum Gasteiger partial charge on any atom is 0.408 e. The molecule has 0 fully saturated rings. The zero-order valence-corrected chi connectivity index (χ0v) is 20.8. The summed E-state index contributed by atoms with van der Waals surface area (Å²) in [5.74, 6) is -1.18. The minimum Gasteiger partial charge on any atom is -0.480 e. The molecule has 0 spiro atoms. The molecule has 2 rings (SSSR count). The number of ether oxygens (including phenoxy) is 1. The lowest BCUT2D eigenvalue weighted by Gasteiger charge is -2.41. The Hall–Kier alpha value is -2.38. The number of hydrogen-bond acceptors (Lipinski definition) is 4. The molecule has 0 aromatic heterocycles. The van der Waals surface area contributed by atoms with Crippen LogP contribution >= 0.6 is 0 Å². The molecule has 0 aliphatic carbocycles. The van der Waals surface area contributed by atoms with Gasteiger partial charge in [-0.05, 0) is 55.2 Å². The number of fused-ring (bicyclic) bond motifs is 1. The molecule has 2 N–H and O–H groups in total. The van der Waals surface area contributed by atoms with Crippen LogP contribution in [0.5, 0.6) is 0 Å². The van der Waals surface area contributed by atoms with Crippen LogP contribution in [-0.4, -0.2) is 37.1 Å². The van der Waals surface area contributed by atoms with E-state index in [1.807, 2.05) is 42.5 Å². The van der Waals surface area contributed by atoms with Gasteiger partial charge in [-0.1, -0.05) is 63.2 Å². The highest BCUT2D eigenvalue weighted by Crippen LogP contribution is 2.41. The van der Waals surface area contributed by atoms with E-state index < -0.39 is 38.1 Å². The van der Waals surface area contributed by atoms with Gasteiger partial charge in [-0.2, -0.15) is 0 Å². The van der Waals surface area contributed by atoms with E-state index in [1.165, 1.54) is 0 Å². The van der Waals surface area contributed by atoms with Crippen molar-refractivity contribution in [1.82, 2.24) is 5.32 Å². The van der Waals surface area contributed by atoms with Crippen LogP contribution in [0.25, 0.3) is 10.8 Å². The van der Waals surface area contributed by atoms with Gasteiger partial charge in [0.15, 0.2) is 14.4 Å². The van der Waals surface area contributed by atoms with Crippen LogP contribution in [0.1, 0.15) is 53.2 Å². The fourth-order valence-electron chi connectivity index (χ4n) is 3.01. The summed E-state index contributed by atoms with van der Waals surface area (Å²) >= 11 is 0. The van der Waals surface area contributed by atoms with Gasteiger partial charge in [-0.3, -0.25) is 0 Å². The Morgan fingerprint density at radius 3 is 2.10 bits per heavy atom. The van der Waals surface area contributed by atoms with Gasteiger partial charge < -0.3 is 19.6 Å². The highest BCUT2D eigenvalue weighted by molar-refractivity contribution is 6.74. The molecular formula is C24H35NO5Si. The third-order valence-corrected chi connectivity index (χ3v) is 10.1. The van der Waals surface area contributed by atoms with Crippen molar-refractivity contribution >= 4 is 31.2 Å². The fraction of sp³-hybridized carbons (Fsp3) is 0.500. The molecule has 0 bridgehead atoms. The monoisotopic (exact) mass is 445 g/mol. The first-order valence-corrected chi connectivity index (χ1v) is 13.4. The summed E-state index contributed by atoms with van der Waals surface area (Å²) in [6.07, 6.45) is -1.67. The second-order valence-electron chi connectivity index (χ2n) is 10.3. The molecule has 2 atom stereocenters. The van der Waals surface area contributed by atoms with E-state index >= 15 is 0 Å². The lowest BCUT2D eigenvalue weighted by molar-refractivity contribution is -0.142. The predicted octanol–water partition coefficient (Wildman–Crippen LogP) is 5.88. The number of rotatable bonds is 6. The van der Waals surface area contributed by atoms with Gasteiger partial charge in [-0.15, -0.1) is 0 Å². The summed E-state index contributed by atoms with van der Waals surface area (Å²) in [7, 11) is -2.40. The number of aliphatic carboxylic acids is 1. The normalized spacial score (nSPS) is 14.7. The SMILES string of the molecule is CC(C)(C)OC(=O)N[C@H](C(=O)O)[C@@H](O[Si](C)(C)C(C)(C)C)c1cccc2ccccc12. The molecule has 0 radical (unpaired) electrons. The van der Waals surface area contributed by atoms with Crippen molar-refractivity contribution in [3.05, 3.63) is 48.0 Å². The van der Waals surface area contributed by atoms with Crippen LogP contribution in [0.15, 0.2) is 42.5 Å². The Labute approximate surface area is 186 Å². The van der Waals surface area contributed by atoms with Crippen LogP contribution in [0.4, 0.5) is 4.79 Å². The van der Waals surface area contributed by atoms with Gasteiger partial charge >= 0.3 is 12.1 Å². The van der Waals surface area contributed by atoms with Crippen molar-refractivity contribution in [2.24, 2.45) is 0 Å². The Morgan fingerprint density at radius 2 is 1.55 bits per heavy atom. The molecule has 170 valence electrons. The van der Waals surface area contributed by atoms with Crippen molar-refractivity contribution in [3.63, 3.8) is 0 Å². The van der Waals surface area contributed by atoms with Crippen LogP contribution < -0.4 is 5.32 Å². The number of benzene rings is 2. The van der Waals surface area contributed by atoms with E-state index in [9.17, 15) is 14.7 Å². The summed E-state index contributed by atoms with van der Waals surface area (Å²) in [5, 5.41) is 14.4. The average Bonchev–Trinajstić information content (AvgIpc) is 2.61. The zero-order valence-electron chi connectivity index (χ0n) is 19.8. The van der Waals surface area contributed by atoms with E-state index in [0.29, 0.717) is 0 Å². The topological polar surface area (TPSA) is 84.9 Å². The van der Waals surface area contributed by atoms with Crippen LogP contribution in [0, 0.1) is 0 Å². The number of carboxylic acid groups (broad SMARTS) is 1. The van der Waals surface area contributed by atoms with Crippen molar-refractivity contribution in [2.45, 2.75) is 77.4 Å². The summed E-state index contributed by atoms with van der Waals surface area (Å²) in [4.78, 5) is 24.8. The van der Waals surface area contributed by atoms with Gasteiger partial charge in [0, 0.05) is 0 Å². The van der Waals surface area contributed by atoms with Crippen LogP contribution in [0.2, 0.25) is 18.1 Å².